The predicted molar refractivity (Wildman–Crippen MR) is 108 cm³/mol. The van der Waals surface area contributed by atoms with E-state index in [0.717, 1.165) is 24.9 Å². The molecular formula is C21H22N4O4. The topological polar surface area (TPSA) is 114 Å². The van der Waals surface area contributed by atoms with E-state index in [9.17, 15) is 14.4 Å². The highest BCUT2D eigenvalue weighted by Crippen LogP contribution is 2.29. The summed E-state index contributed by atoms with van der Waals surface area (Å²) in [5.74, 6) is -0.319. The van der Waals surface area contributed by atoms with Gasteiger partial charge in [0.25, 0.3) is 11.8 Å². The normalized spacial score (nSPS) is 18.5. The lowest BCUT2D eigenvalue weighted by molar-refractivity contribution is -0.122. The van der Waals surface area contributed by atoms with Crippen LogP contribution >= 0.6 is 0 Å². The van der Waals surface area contributed by atoms with Crippen LogP contribution in [0.25, 0.3) is 0 Å². The number of primary amides is 1. The number of benzene rings is 2. The molecule has 0 radical (unpaired) electrons. The summed E-state index contributed by atoms with van der Waals surface area (Å²) < 4.78 is 5.36. The zero-order chi connectivity index (χ0) is 20.4. The molecule has 2 heterocycles. The number of hydrogen-bond donors (Lipinski definition) is 3. The van der Waals surface area contributed by atoms with E-state index in [2.05, 4.69) is 15.5 Å². The Hall–Kier alpha value is -3.39. The van der Waals surface area contributed by atoms with Gasteiger partial charge >= 0.3 is 0 Å². The Labute approximate surface area is 168 Å². The Kier molecular flexibility index (Phi) is 5.18. The third-order valence-electron chi connectivity index (χ3n) is 5.14. The van der Waals surface area contributed by atoms with E-state index >= 15 is 0 Å². The van der Waals surface area contributed by atoms with Crippen LogP contribution in [0.5, 0.6) is 5.75 Å². The van der Waals surface area contributed by atoms with E-state index in [1.807, 2.05) is 24.3 Å². The second-order valence-corrected chi connectivity index (χ2v) is 7.23. The summed E-state index contributed by atoms with van der Waals surface area (Å²) in [6.07, 6.45) is 1.73. The molecule has 4 N–H and O–H groups in total. The fourth-order valence-electron chi connectivity index (χ4n) is 3.74. The third-order valence-corrected chi connectivity index (χ3v) is 5.14. The first-order valence-corrected chi connectivity index (χ1v) is 9.50. The van der Waals surface area contributed by atoms with E-state index in [1.54, 1.807) is 18.2 Å². The van der Waals surface area contributed by atoms with Gasteiger partial charge in [0.05, 0.1) is 11.7 Å². The van der Waals surface area contributed by atoms with Crippen molar-refractivity contribution in [1.29, 1.82) is 0 Å². The molecule has 8 nitrogen and oxygen atoms in total. The number of carbonyl (C=O) groups excluding carboxylic acids is 3. The molecule has 0 spiro atoms. The molecule has 2 aromatic carbocycles. The average Bonchev–Trinajstić information content (AvgIpc) is 3.16. The summed E-state index contributed by atoms with van der Waals surface area (Å²) in [5.41, 5.74) is 8.12. The van der Waals surface area contributed by atoms with Crippen molar-refractivity contribution in [2.75, 3.05) is 23.8 Å². The molecule has 150 valence electrons. The molecule has 1 saturated heterocycles. The summed E-state index contributed by atoms with van der Waals surface area (Å²) in [5, 5.41) is 5.58. The molecule has 1 fully saturated rings. The lowest BCUT2D eigenvalue weighted by atomic mass is 10.1. The molecule has 2 aliphatic rings. The standard InChI is InChI=1S/C21H22N4O4/c22-20(27)17-5-2-8-25(17)11-13-3-1-4-15(9-13)23-21(28)14-6-7-16-18(10-14)29-12-19(26)24-16/h1,3-4,6-7,9-10,17H,2,5,8,11-12H2,(H2,22,27)(H,23,28)(H,24,26). The third kappa shape index (κ3) is 4.22. The molecule has 0 aliphatic carbocycles. The van der Waals surface area contributed by atoms with E-state index in [0.29, 0.717) is 29.2 Å². The maximum atomic E-state index is 12.6. The van der Waals surface area contributed by atoms with Gasteiger partial charge in [-0.15, -0.1) is 0 Å². The highest BCUT2D eigenvalue weighted by atomic mass is 16.5. The highest BCUT2D eigenvalue weighted by molar-refractivity contribution is 6.05. The minimum absolute atomic E-state index is 0.0666. The van der Waals surface area contributed by atoms with Gasteiger partial charge in [-0.05, 0) is 55.3 Å². The molecule has 3 amide bonds. The van der Waals surface area contributed by atoms with Gasteiger partial charge in [0.2, 0.25) is 5.91 Å². The molecule has 0 aromatic heterocycles. The van der Waals surface area contributed by atoms with Crippen LogP contribution < -0.4 is 21.1 Å². The zero-order valence-corrected chi connectivity index (χ0v) is 15.8. The van der Waals surface area contributed by atoms with Crippen molar-refractivity contribution in [3.8, 4) is 5.75 Å². The number of fused-ring (bicyclic) bond motifs is 1. The van der Waals surface area contributed by atoms with Crippen molar-refractivity contribution in [1.82, 2.24) is 4.90 Å². The van der Waals surface area contributed by atoms with Crippen LogP contribution in [0.4, 0.5) is 11.4 Å². The Morgan fingerprint density at radius 2 is 2.10 bits per heavy atom. The fourth-order valence-corrected chi connectivity index (χ4v) is 3.74. The summed E-state index contributed by atoms with van der Waals surface area (Å²) in [6.45, 7) is 1.36. The number of anilines is 2. The second-order valence-electron chi connectivity index (χ2n) is 7.23. The minimum Gasteiger partial charge on any atom is -0.482 e. The summed E-state index contributed by atoms with van der Waals surface area (Å²) in [7, 11) is 0. The largest absolute Gasteiger partial charge is 0.482 e. The van der Waals surface area contributed by atoms with Crippen molar-refractivity contribution in [3.05, 3.63) is 53.6 Å². The maximum absolute atomic E-state index is 12.6. The molecule has 4 rings (SSSR count). The smallest absolute Gasteiger partial charge is 0.262 e. The van der Waals surface area contributed by atoms with E-state index in [1.165, 1.54) is 0 Å². The second kappa shape index (κ2) is 7.92. The van der Waals surface area contributed by atoms with Crippen molar-refractivity contribution in [2.45, 2.75) is 25.4 Å². The van der Waals surface area contributed by atoms with Crippen molar-refractivity contribution < 1.29 is 19.1 Å². The molecule has 1 unspecified atom stereocenters. The number of rotatable bonds is 5. The van der Waals surface area contributed by atoms with Gasteiger partial charge in [-0.1, -0.05) is 12.1 Å². The van der Waals surface area contributed by atoms with Crippen molar-refractivity contribution in [2.24, 2.45) is 5.73 Å². The molecule has 2 aliphatic heterocycles. The number of carbonyl (C=O) groups is 3. The number of nitrogens with one attached hydrogen (secondary N) is 2. The van der Waals surface area contributed by atoms with E-state index < -0.39 is 0 Å². The molecule has 2 aromatic rings. The van der Waals surface area contributed by atoms with Crippen molar-refractivity contribution in [3.63, 3.8) is 0 Å². The molecule has 0 bridgehead atoms. The Morgan fingerprint density at radius 1 is 1.24 bits per heavy atom. The Bertz CT molecular complexity index is 975. The van der Waals surface area contributed by atoms with Gasteiger partial charge < -0.3 is 21.1 Å². The van der Waals surface area contributed by atoms with E-state index in [-0.39, 0.29) is 30.4 Å². The number of hydrogen-bond acceptors (Lipinski definition) is 5. The predicted octanol–water partition coefficient (Wildman–Crippen LogP) is 1.72. The highest BCUT2D eigenvalue weighted by Gasteiger charge is 2.28. The van der Waals surface area contributed by atoms with Crippen molar-refractivity contribution >= 4 is 29.1 Å². The molecule has 29 heavy (non-hydrogen) atoms. The average molecular weight is 394 g/mol. The summed E-state index contributed by atoms with van der Waals surface area (Å²) >= 11 is 0. The molecular weight excluding hydrogens is 372 g/mol. The Balaban J connectivity index is 1.44. The van der Waals surface area contributed by atoms with Crippen LogP contribution in [0.1, 0.15) is 28.8 Å². The monoisotopic (exact) mass is 394 g/mol. The number of amides is 3. The Morgan fingerprint density at radius 3 is 2.93 bits per heavy atom. The minimum atomic E-state index is -0.294. The summed E-state index contributed by atoms with van der Waals surface area (Å²) in [6, 6.07) is 12.2. The number of ether oxygens (including phenoxy) is 1. The van der Waals surface area contributed by atoms with Crippen LogP contribution in [-0.2, 0) is 16.1 Å². The number of nitrogens with two attached hydrogens (primary N) is 1. The van der Waals surface area contributed by atoms with Gasteiger partial charge in [-0.3, -0.25) is 19.3 Å². The maximum Gasteiger partial charge on any atom is 0.262 e. The first kappa shape index (κ1) is 18.9. The quantitative estimate of drug-likeness (QED) is 0.715. The lowest BCUT2D eigenvalue weighted by Gasteiger charge is -2.22. The van der Waals surface area contributed by atoms with Gasteiger partial charge in [0.1, 0.15) is 5.75 Å². The SMILES string of the molecule is NC(=O)C1CCCN1Cc1cccc(NC(=O)c2ccc3c(c2)OCC(=O)N3)c1. The molecule has 8 heteroatoms. The van der Waals surface area contributed by atoms with Crippen LogP contribution in [0.3, 0.4) is 0 Å². The van der Waals surface area contributed by atoms with Crippen LogP contribution in [0.15, 0.2) is 42.5 Å². The lowest BCUT2D eigenvalue weighted by Crippen LogP contribution is -2.39. The first-order chi connectivity index (χ1) is 14.0. The zero-order valence-electron chi connectivity index (χ0n) is 15.8. The molecule has 0 saturated carbocycles. The van der Waals surface area contributed by atoms with Crippen LogP contribution in [0.2, 0.25) is 0 Å². The van der Waals surface area contributed by atoms with E-state index in [4.69, 9.17) is 10.5 Å². The first-order valence-electron chi connectivity index (χ1n) is 9.50. The number of likely N-dealkylation sites (tertiary alicyclic amines) is 1. The molecule has 1 atom stereocenters. The van der Waals surface area contributed by atoms with Crippen LogP contribution in [0, 0.1) is 0 Å². The fraction of sp³-hybridized carbons (Fsp3) is 0.286. The summed E-state index contributed by atoms with van der Waals surface area (Å²) in [4.78, 5) is 37.6. The van der Waals surface area contributed by atoms with Crippen LogP contribution in [-0.4, -0.2) is 41.8 Å². The van der Waals surface area contributed by atoms with Gasteiger partial charge in [-0.2, -0.15) is 0 Å². The number of nitrogens with zero attached hydrogens (tertiary/aromatic N) is 1. The van der Waals surface area contributed by atoms with Gasteiger partial charge in [0.15, 0.2) is 6.61 Å². The van der Waals surface area contributed by atoms with Gasteiger partial charge in [-0.25, -0.2) is 0 Å². The van der Waals surface area contributed by atoms with Gasteiger partial charge in [0, 0.05) is 17.8 Å².